The van der Waals surface area contributed by atoms with E-state index in [4.69, 9.17) is 0 Å². The minimum atomic E-state index is -0.496. The maximum absolute atomic E-state index is 13.4. The molecule has 0 aliphatic rings. The molecule has 0 unspecified atom stereocenters. The molecule has 0 aliphatic heterocycles. The van der Waals surface area contributed by atoms with Gasteiger partial charge in [0, 0.05) is 12.0 Å². The molecule has 19 heavy (non-hydrogen) atoms. The Hall–Kier alpha value is -1.07. The highest BCUT2D eigenvalue weighted by molar-refractivity contribution is 9.10. The number of benzene rings is 2. The molecule has 0 aliphatic carbocycles. The van der Waals surface area contributed by atoms with Gasteiger partial charge in [0.1, 0.15) is 11.6 Å². The van der Waals surface area contributed by atoms with Crippen molar-refractivity contribution in [2.24, 2.45) is 0 Å². The van der Waals surface area contributed by atoms with Crippen molar-refractivity contribution >= 4 is 37.6 Å². The average molecular weight is 390 g/mol. The van der Waals surface area contributed by atoms with E-state index in [0.717, 1.165) is 0 Å². The Balaban J connectivity index is 2.31. The monoisotopic (exact) mass is 388 g/mol. The highest BCUT2D eigenvalue weighted by atomic mass is 79.9. The summed E-state index contributed by atoms with van der Waals surface area (Å²) < 4.78 is 27.1. The van der Waals surface area contributed by atoms with Crippen LogP contribution in [0.2, 0.25) is 0 Å². The fourth-order valence-electron chi connectivity index (χ4n) is 1.67. The molecule has 0 radical (unpaired) electrons. The molecule has 0 saturated heterocycles. The standard InChI is InChI=1S/C14H8Br2F2O/c15-13-8(3-1-5-10(13)17)7-12(19)9-4-2-6-11(18)14(9)16/h1-6H,7H2. The lowest BCUT2D eigenvalue weighted by atomic mass is 10.0. The highest BCUT2D eigenvalue weighted by Crippen LogP contribution is 2.25. The van der Waals surface area contributed by atoms with Crippen LogP contribution in [-0.2, 0) is 6.42 Å². The van der Waals surface area contributed by atoms with Gasteiger partial charge in [-0.1, -0.05) is 24.3 Å². The van der Waals surface area contributed by atoms with Crippen LogP contribution in [-0.4, -0.2) is 5.78 Å². The van der Waals surface area contributed by atoms with E-state index in [0.29, 0.717) is 5.56 Å². The molecule has 1 nitrogen and oxygen atoms in total. The number of hydrogen-bond acceptors (Lipinski definition) is 1. The number of rotatable bonds is 3. The van der Waals surface area contributed by atoms with Gasteiger partial charge in [-0.05, 0) is 49.6 Å². The molecule has 2 rings (SSSR count). The largest absolute Gasteiger partial charge is 0.294 e. The number of carbonyl (C=O) groups is 1. The molecular weight excluding hydrogens is 382 g/mol. The van der Waals surface area contributed by atoms with Crippen molar-refractivity contribution in [3.63, 3.8) is 0 Å². The molecule has 0 bridgehead atoms. The van der Waals surface area contributed by atoms with Gasteiger partial charge in [0.25, 0.3) is 0 Å². The van der Waals surface area contributed by atoms with E-state index < -0.39 is 11.6 Å². The third kappa shape index (κ3) is 3.09. The molecule has 2 aromatic carbocycles. The smallest absolute Gasteiger partial charge is 0.168 e. The van der Waals surface area contributed by atoms with Crippen LogP contribution < -0.4 is 0 Å². The summed E-state index contributed by atoms with van der Waals surface area (Å²) in [6.07, 6.45) is 0.000394. The maximum Gasteiger partial charge on any atom is 0.168 e. The fraction of sp³-hybridized carbons (Fsp3) is 0.0714. The van der Waals surface area contributed by atoms with Crippen LogP contribution >= 0.6 is 31.9 Å². The number of carbonyl (C=O) groups excluding carboxylic acids is 1. The summed E-state index contributed by atoms with van der Waals surface area (Å²) in [6, 6.07) is 8.74. The van der Waals surface area contributed by atoms with Crippen LogP contribution in [0.1, 0.15) is 15.9 Å². The third-order valence-corrected chi connectivity index (χ3v) is 4.33. The molecule has 0 atom stereocenters. The molecule has 0 N–H and O–H groups in total. The van der Waals surface area contributed by atoms with Gasteiger partial charge in [-0.15, -0.1) is 0 Å². The Morgan fingerprint density at radius 1 is 0.947 bits per heavy atom. The second kappa shape index (κ2) is 5.92. The lowest BCUT2D eigenvalue weighted by molar-refractivity contribution is 0.0991. The van der Waals surface area contributed by atoms with E-state index in [1.54, 1.807) is 6.07 Å². The predicted molar refractivity (Wildman–Crippen MR) is 76.2 cm³/mol. The lowest BCUT2D eigenvalue weighted by Gasteiger charge is -2.07. The van der Waals surface area contributed by atoms with Crippen molar-refractivity contribution in [3.8, 4) is 0 Å². The van der Waals surface area contributed by atoms with Gasteiger partial charge < -0.3 is 0 Å². The van der Waals surface area contributed by atoms with Crippen molar-refractivity contribution in [2.75, 3.05) is 0 Å². The number of hydrogen-bond donors (Lipinski definition) is 0. The van der Waals surface area contributed by atoms with E-state index >= 15 is 0 Å². The van der Waals surface area contributed by atoms with Gasteiger partial charge in [-0.25, -0.2) is 8.78 Å². The normalized spacial score (nSPS) is 10.5. The summed E-state index contributed by atoms with van der Waals surface area (Å²) in [6.45, 7) is 0. The number of Topliss-reactive ketones (excluding diaryl/α,β-unsaturated/α-hetero) is 1. The minimum absolute atomic E-state index is 0.000394. The van der Waals surface area contributed by atoms with E-state index in [9.17, 15) is 13.6 Å². The first-order valence-corrected chi connectivity index (χ1v) is 6.99. The Bertz CT molecular complexity index is 641. The first-order chi connectivity index (χ1) is 9.00. The molecule has 2 aromatic rings. The summed E-state index contributed by atoms with van der Waals surface area (Å²) >= 11 is 6.15. The summed E-state index contributed by atoms with van der Waals surface area (Å²) in [4.78, 5) is 12.1. The zero-order valence-corrected chi connectivity index (χ0v) is 12.8. The van der Waals surface area contributed by atoms with Crippen LogP contribution in [0.5, 0.6) is 0 Å². The Labute approximate surface area is 125 Å². The van der Waals surface area contributed by atoms with E-state index in [2.05, 4.69) is 31.9 Å². The summed E-state index contributed by atoms with van der Waals surface area (Å²) in [5, 5.41) is 0. The maximum atomic E-state index is 13.4. The van der Waals surface area contributed by atoms with Gasteiger partial charge in [0.05, 0.1) is 8.95 Å². The molecule has 0 spiro atoms. The van der Waals surface area contributed by atoms with Gasteiger partial charge in [-0.3, -0.25) is 4.79 Å². The molecular formula is C14H8Br2F2O. The van der Waals surface area contributed by atoms with Crippen molar-refractivity contribution in [3.05, 3.63) is 68.1 Å². The first kappa shape index (κ1) is 14.3. The molecule has 0 amide bonds. The molecule has 0 aromatic heterocycles. The zero-order valence-electron chi connectivity index (χ0n) is 9.59. The van der Waals surface area contributed by atoms with Gasteiger partial charge >= 0.3 is 0 Å². The topological polar surface area (TPSA) is 17.1 Å². The van der Waals surface area contributed by atoms with Crippen molar-refractivity contribution < 1.29 is 13.6 Å². The molecule has 0 heterocycles. The summed E-state index contributed by atoms with van der Waals surface area (Å²) in [5.41, 5.74) is 0.775. The van der Waals surface area contributed by atoms with Crippen LogP contribution in [0.3, 0.4) is 0 Å². The SMILES string of the molecule is O=C(Cc1cccc(F)c1Br)c1cccc(F)c1Br. The van der Waals surface area contributed by atoms with Crippen LogP contribution in [0.4, 0.5) is 8.78 Å². The molecule has 98 valence electrons. The quantitative estimate of drug-likeness (QED) is 0.681. The first-order valence-electron chi connectivity index (χ1n) is 5.41. The number of ketones is 1. The van der Waals surface area contributed by atoms with E-state index in [1.165, 1.54) is 30.3 Å². The second-order valence-corrected chi connectivity index (χ2v) is 5.50. The van der Waals surface area contributed by atoms with Crippen molar-refractivity contribution in [1.82, 2.24) is 0 Å². The fourth-order valence-corrected chi connectivity index (χ4v) is 2.56. The van der Waals surface area contributed by atoms with Crippen molar-refractivity contribution in [2.45, 2.75) is 6.42 Å². The van der Waals surface area contributed by atoms with Gasteiger partial charge in [0.2, 0.25) is 0 Å². The lowest BCUT2D eigenvalue weighted by Crippen LogP contribution is -2.06. The summed E-state index contributed by atoms with van der Waals surface area (Å²) in [5.74, 6) is -1.20. The highest BCUT2D eigenvalue weighted by Gasteiger charge is 2.15. The Morgan fingerprint density at radius 3 is 2.21 bits per heavy atom. The van der Waals surface area contributed by atoms with Gasteiger partial charge in [-0.2, -0.15) is 0 Å². The Kier molecular flexibility index (Phi) is 4.47. The van der Waals surface area contributed by atoms with E-state index in [1.807, 2.05) is 0 Å². The zero-order chi connectivity index (χ0) is 14.0. The van der Waals surface area contributed by atoms with Crippen LogP contribution in [0.25, 0.3) is 0 Å². The van der Waals surface area contributed by atoms with Crippen molar-refractivity contribution in [1.29, 1.82) is 0 Å². The van der Waals surface area contributed by atoms with Crippen LogP contribution in [0, 0.1) is 11.6 Å². The minimum Gasteiger partial charge on any atom is -0.294 e. The third-order valence-electron chi connectivity index (χ3n) is 2.63. The summed E-state index contributed by atoms with van der Waals surface area (Å²) in [7, 11) is 0. The molecule has 0 saturated carbocycles. The van der Waals surface area contributed by atoms with Crippen LogP contribution in [0.15, 0.2) is 45.3 Å². The number of halogens is 4. The average Bonchev–Trinajstić information content (AvgIpc) is 2.38. The predicted octanol–water partition coefficient (Wildman–Crippen LogP) is 4.92. The van der Waals surface area contributed by atoms with E-state index in [-0.39, 0.29) is 26.7 Å². The molecule has 5 heteroatoms. The van der Waals surface area contributed by atoms with Gasteiger partial charge in [0.15, 0.2) is 5.78 Å². The molecule has 0 fully saturated rings. The second-order valence-electron chi connectivity index (χ2n) is 3.91. The Morgan fingerprint density at radius 2 is 1.53 bits per heavy atom.